The molecule has 1 aliphatic carbocycles. The molecule has 0 aromatic carbocycles. The maximum atomic E-state index is 10.8. The van der Waals surface area contributed by atoms with Crippen molar-refractivity contribution in [3.63, 3.8) is 0 Å². The highest BCUT2D eigenvalue weighted by molar-refractivity contribution is 8.93. The first-order chi connectivity index (χ1) is 5.11. The Morgan fingerprint density at radius 3 is 2.67 bits per heavy atom. The number of carboxylic acids is 1. The first-order valence-electron chi connectivity index (χ1n) is 4.13. The zero-order valence-electron chi connectivity index (χ0n) is 7.25. The maximum Gasteiger partial charge on any atom is 0.323 e. The summed E-state index contributed by atoms with van der Waals surface area (Å²) < 4.78 is 0. The first kappa shape index (κ1) is 11.9. The largest absolute Gasteiger partial charge is 0.480 e. The topological polar surface area (TPSA) is 63.3 Å². The summed E-state index contributed by atoms with van der Waals surface area (Å²) in [5.41, 5.74) is 4.84. The SMILES string of the molecule is Br.CC[C@@H]1CCC[C@@]1(N)C(=O)O. The van der Waals surface area contributed by atoms with Crippen LogP contribution in [0, 0.1) is 5.92 Å². The lowest BCUT2D eigenvalue weighted by Gasteiger charge is -2.25. The number of halogens is 1. The van der Waals surface area contributed by atoms with E-state index in [2.05, 4.69) is 0 Å². The molecule has 12 heavy (non-hydrogen) atoms. The zero-order chi connectivity index (χ0) is 8.48. The van der Waals surface area contributed by atoms with E-state index in [-0.39, 0.29) is 22.9 Å². The zero-order valence-corrected chi connectivity index (χ0v) is 8.96. The Bertz CT molecular complexity index is 174. The highest BCUT2D eigenvalue weighted by atomic mass is 79.9. The van der Waals surface area contributed by atoms with E-state index >= 15 is 0 Å². The van der Waals surface area contributed by atoms with Gasteiger partial charge in [0.1, 0.15) is 5.54 Å². The summed E-state index contributed by atoms with van der Waals surface area (Å²) in [5, 5.41) is 8.85. The van der Waals surface area contributed by atoms with Crippen molar-refractivity contribution in [2.75, 3.05) is 0 Å². The molecular formula is C8H16BrNO2. The molecule has 1 rings (SSSR count). The second-order valence-corrected chi connectivity index (χ2v) is 3.34. The molecule has 0 spiro atoms. The van der Waals surface area contributed by atoms with Gasteiger partial charge in [0.2, 0.25) is 0 Å². The molecule has 2 atom stereocenters. The van der Waals surface area contributed by atoms with Gasteiger partial charge in [-0.1, -0.05) is 19.8 Å². The van der Waals surface area contributed by atoms with Crippen LogP contribution in [0.25, 0.3) is 0 Å². The van der Waals surface area contributed by atoms with Crippen LogP contribution in [0.1, 0.15) is 32.6 Å². The third-order valence-electron chi connectivity index (χ3n) is 2.76. The van der Waals surface area contributed by atoms with E-state index in [1.54, 1.807) is 0 Å². The average Bonchev–Trinajstić information content (AvgIpc) is 2.32. The fraction of sp³-hybridized carbons (Fsp3) is 0.875. The maximum absolute atomic E-state index is 10.8. The molecule has 3 nitrogen and oxygen atoms in total. The summed E-state index contributed by atoms with van der Waals surface area (Å²) in [6, 6.07) is 0. The van der Waals surface area contributed by atoms with Gasteiger partial charge in [0.15, 0.2) is 0 Å². The average molecular weight is 238 g/mol. The van der Waals surface area contributed by atoms with Crippen molar-refractivity contribution in [2.24, 2.45) is 11.7 Å². The van der Waals surface area contributed by atoms with E-state index in [0.29, 0.717) is 6.42 Å². The summed E-state index contributed by atoms with van der Waals surface area (Å²) in [6.07, 6.45) is 3.45. The summed E-state index contributed by atoms with van der Waals surface area (Å²) in [4.78, 5) is 10.8. The van der Waals surface area contributed by atoms with Crippen LogP contribution in [0.4, 0.5) is 0 Å². The molecule has 3 N–H and O–H groups in total. The van der Waals surface area contributed by atoms with Crippen molar-refractivity contribution in [1.82, 2.24) is 0 Å². The minimum absolute atomic E-state index is 0. The molecule has 0 bridgehead atoms. The minimum Gasteiger partial charge on any atom is -0.480 e. The van der Waals surface area contributed by atoms with Gasteiger partial charge in [-0.25, -0.2) is 0 Å². The second kappa shape index (κ2) is 4.23. The van der Waals surface area contributed by atoms with Gasteiger partial charge in [-0.3, -0.25) is 4.79 Å². The monoisotopic (exact) mass is 237 g/mol. The van der Waals surface area contributed by atoms with Gasteiger partial charge >= 0.3 is 5.97 Å². The molecule has 0 aromatic heterocycles. The van der Waals surface area contributed by atoms with Crippen LogP contribution < -0.4 is 5.73 Å². The highest BCUT2D eigenvalue weighted by Gasteiger charge is 2.44. The molecule has 1 fully saturated rings. The molecule has 1 aliphatic rings. The Labute approximate surface area is 83.1 Å². The van der Waals surface area contributed by atoms with Crippen LogP contribution in [0.2, 0.25) is 0 Å². The van der Waals surface area contributed by atoms with Crippen LogP contribution in [-0.2, 0) is 4.79 Å². The van der Waals surface area contributed by atoms with E-state index < -0.39 is 11.5 Å². The molecular weight excluding hydrogens is 222 g/mol. The molecule has 0 saturated heterocycles. The van der Waals surface area contributed by atoms with E-state index in [4.69, 9.17) is 10.8 Å². The van der Waals surface area contributed by atoms with E-state index in [0.717, 1.165) is 19.3 Å². The molecule has 4 heteroatoms. The number of carbonyl (C=O) groups is 1. The number of rotatable bonds is 2. The van der Waals surface area contributed by atoms with Gasteiger partial charge in [0.25, 0.3) is 0 Å². The van der Waals surface area contributed by atoms with E-state index in [1.165, 1.54) is 0 Å². The summed E-state index contributed by atoms with van der Waals surface area (Å²) in [6.45, 7) is 2.00. The van der Waals surface area contributed by atoms with E-state index in [1.807, 2.05) is 6.92 Å². The lowest BCUT2D eigenvalue weighted by Crippen LogP contribution is -2.50. The quantitative estimate of drug-likeness (QED) is 0.767. The number of hydrogen-bond acceptors (Lipinski definition) is 2. The molecule has 0 aromatic rings. The molecule has 0 amide bonds. The van der Waals surface area contributed by atoms with Gasteiger partial charge < -0.3 is 10.8 Å². The number of carboxylic acid groups (broad SMARTS) is 1. The summed E-state index contributed by atoms with van der Waals surface area (Å²) >= 11 is 0. The third kappa shape index (κ3) is 1.80. The van der Waals surface area contributed by atoms with Gasteiger partial charge in [-0.05, 0) is 18.8 Å². The van der Waals surface area contributed by atoms with Crippen LogP contribution >= 0.6 is 17.0 Å². The Balaban J connectivity index is 0.00000121. The lowest BCUT2D eigenvalue weighted by molar-refractivity contribution is -0.144. The van der Waals surface area contributed by atoms with E-state index in [9.17, 15) is 4.79 Å². The smallest absolute Gasteiger partial charge is 0.323 e. The Kier molecular flexibility index (Phi) is 4.20. The van der Waals surface area contributed by atoms with Crippen molar-refractivity contribution in [3.8, 4) is 0 Å². The third-order valence-corrected chi connectivity index (χ3v) is 2.76. The fourth-order valence-electron chi connectivity index (χ4n) is 1.95. The van der Waals surface area contributed by atoms with Gasteiger partial charge in [-0.15, -0.1) is 17.0 Å². The van der Waals surface area contributed by atoms with Crippen LogP contribution in [0.3, 0.4) is 0 Å². The predicted molar refractivity (Wildman–Crippen MR) is 52.5 cm³/mol. The van der Waals surface area contributed by atoms with Crippen molar-refractivity contribution in [2.45, 2.75) is 38.1 Å². The predicted octanol–water partition coefficient (Wildman–Crippen LogP) is 1.56. The van der Waals surface area contributed by atoms with Crippen molar-refractivity contribution in [1.29, 1.82) is 0 Å². The molecule has 72 valence electrons. The fourth-order valence-corrected chi connectivity index (χ4v) is 1.95. The Hall–Kier alpha value is -0.0900. The van der Waals surface area contributed by atoms with Gasteiger partial charge in [0.05, 0.1) is 0 Å². The summed E-state index contributed by atoms with van der Waals surface area (Å²) in [5.74, 6) is -0.651. The van der Waals surface area contributed by atoms with Crippen molar-refractivity contribution in [3.05, 3.63) is 0 Å². The van der Waals surface area contributed by atoms with Crippen molar-refractivity contribution >= 4 is 23.0 Å². The normalized spacial score (nSPS) is 34.3. The summed E-state index contributed by atoms with van der Waals surface area (Å²) in [7, 11) is 0. The number of hydrogen-bond donors (Lipinski definition) is 2. The Morgan fingerprint density at radius 2 is 2.33 bits per heavy atom. The molecule has 0 unspecified atom stereocenters. The van der Waals surface area contributed by atoms with Crippen LogP contribution in [-0.4, -0.2) is 16.6 Å². The Morgan fingerprint density at radius 1 is 1.75 bits per heavy atom. The molecule has 0 heterocycles. The molecule has 1 saturated carbocycles. The first-order valence-corrected chi connectivity index (χ1v) is 4.13. The minimum atomic E-state index is -0.922. The second-order valence-electron chi connectivity index (χ2n) is 3.34. The van der Waals surface area contributed by atoms with Crippen molar-refractivity contribution < 1.29 is 9.90 Å². The molecule has 0 radical (unpaired) electrons. The lowest BCUT2D eigenvalue weighted by atomic mass is 9.86. The van der Waals surface area contributed by atoms with Gasteiger partial charge in [-0.2, -0.15) is 0 Å². The van der Waals surface area contributed by atoms with Gasteiger partial charge in [0, 0.05) is 0 Å². The highest BCUT2D eigenvalue weighted by Crippen LogP contribution is 2.35. The number of nitrogens with two attached hydrogens (primary N) is 1. The van der Waals surface area contributed by atoms with Crippen LogP contribution in [0.5, 0.6) is 0 Å². The standard InChI is InChI=1S/C8H15NO2.BrH/c1-2-6-4-3-5-8(6,9)7(10)11;/h6H,2-5,9H2,1H3,(H,10,11);1H/t6-,8+;/m1./s1. The number of aliphatic carboxylic acids is 1. The molecule has 0 aliphatic heterocycles. The van der Waals surface area contributed by atoms with Crippen LogP contribution in [0.15, 0.2) is 0 Å².